The van der Waals surface area contributed by atoms with E-state index in [1.807, 2.05) is 0 Å². The van der Waals surface area contributed by atoms with Crippen LogP contribution in [0.2, 0.25) is 0 Å². The number of ether oxygens (including phenoxy) is 1. The van der Waals surface area contributed by atoms with Crippen molar-refractivity contribution in [1.29, 1.82) is 0 Å². The Balaban J connectivity index is 3.13. The first-order valence-electron chi connectivity index (χ1n) is 4.05. The summed E-state index contributed by atoms with van der Waals surface area (Å²) in [6.45, 7) is 0. The maximum Gasteiger partial charge on any atom is 0.330 e. The van der Waals surface area contributed by atoms with Crippen molar-refractivity contribution in [2.45, 2.75) is 5.85 Å². The molecule has 3 N–H and O–H groups in total. The van der Waals surface area contributed by atoms with Crippen LogP contribution in [0.4, 0.5) is 9.59 Å². The highest BCUT2D eigenvalue weighted by Crippen LogP contribution is 2.23. The van der Waals surface area contributed by atoms with Crippen molar-refractivity contribution in [1.82, 2.24) is 15.1 Å². The first kappa shape index (κ1) is 11.2. The quantitative estimate of drug-likeness (QED) is 0.432. The van der Waals surface area contributed by atoms with E-state index in [2.05, 4.69) is 5.32 Å². The van der Waals surface area contributed by atoms with Crippen LogP contribution in [0.15, 0.2) is 0 Å². The lowest BCUT2D eigenvalue weighted by Gasteiger charge is -2.30. The molecule has 0 radical (unpaired) electrons. The summed E-state index contributed by atoms with van der Waals surface area (Å²) in [7, 11) is 3.80. The Labute approximate surface area is 85.9 Å². The fourth-order valence-electron chi connectivity index (χ4n) is 1.40. The van der Waals surface area contributed by atoms with Gasteiger partial charge in [-0.2, -0.15) is 0 Å². The van der Waals surface area contributed by atoms with Crippen molar-refractivity contribution in [2.75, 3.05) is 21.2 Å². The summed E-state index contributed by atoms with van der Waals surface area (Å²) in [6.07, 6.45) is 0. The largest absolute Gasteiger partial charge is 0.352 e. The smallest absolute Gasteiger partial charge is 0.330 e. The summed E-state index contributed by atoms with van der Waals surface area (Å²) in [5.41, 5.74) is 4.91. The molecule has 0 spiro atoms. The molecule has 15 heavy (non-hydrogen) atoms. The van der Waals surface area contributed by atoms with Crippen molar-refractivity contribution in [3.05, 3.63) is 0 Å². The second-order valence-corrected chi connectivity index (χ2v) is 3.04. The van der Waals surface area contributed by atoms with Crippen LogP contribution in [-0.2, 0) is 9.53 Å². The zero-order chi connectivity index (χ0) is 11.8. The van der Waals surface area contributed by atoms with Crippen molar-refractivity contribution >= 4 is 18.0 Å². The van der Waals surface area contributed by atoms with Gasteiger partial charge in [0.15, 0.2) is 0 Å². The molecule has 1 fully saturated rings. The zero-order valence-corrected chi connectivity index (χ0v) is 8.60. The number of primary amides is 1. The number of likely N-dealkylation sites (N-methyl/N-ethyl adjacent to an activating group) is 2. The van der Waals surface area contributed by atoms with E-state index in [1.54, 1.807) is 0 Å². The third kappa shape index (κ3) is 1.38. The predicted molar refractivity (Wildman–Crippen MR) is 48.4 cm³/mol. The van der Waals surface area contributed by atoms with Crippen LogP contribution < -0.4 is 11.1 Å². The van der Waals surface area contributed by atoms with E-state index in [-0.39, 0.29) is 0 Å². The molecule has 5 amide bonds. The summed E-state index contributed by atoms with van der Waals surface area (Å²) < 4.78 is 4.88. The number of imide groups is 1. The van der Waals surface area contributed by atoms with E-state index >= 15 is 0 Å². The number of hydrogen-bond acceptors (Lipinski definition) is 4. The van der Waals surface area contributed by atoms with Gasteiger partial charge in [0.25, 0.3) is 0 Å². The lowest BCUT2D eigenvalue weighted by molar-refractivity contribution is -0.161. The van der Waals surface area contributed by atoms with Crippen LogP contribution in [0.1, 0.15) is 0 Å². The molecule has 0 aromatic carbocycles. The minimum absolute atomic E-state index is 0.587. The van der Waals surface area contributed by atoms with Crippen LogP contribution >= 0.6 is 0 Å². The van der Waals surface area contributed by atoms with E-state index in [0.29, 0.717) is 0 Å². The molecular formula is C7H12N4O4. The Morgan fingerprint density at radius 2 is 2.00 bits per heavy atom. The van der Waals surface area contributed by atoms with Gasteiger partial charge >= 0.3 is 23.8 Å². The highest BCUT2D eigenvalue weighted by Gasteiger charge is 2.56. The molecule has 1 aliphatic rings. The molecule has 1 heterocycles. The zero-order valence-electron chi connectivity index (χ0n) is 8.60. The molecule has 0 aromatic rings. The van der Waals surface area contributed by atoms with Gasteiger partial charge in [-0.15, -0.1) is 0 Å². The maximum atomic E-state index is 11.7. The first-order chi connectivity index (χ1) is 6.86. The summed E-state index contributed by atoms with van der Waals surface area (Å²) in [4.78, 5) is 35.7. The lowest BCUT2D eigenvalue weighted by atomic mass is 10.3. The number of carbonyl (C=O) groups excluding carboxylic acids is 3. The van der Waals surface area contributed by atoms with E-state index in [0.717, 1.165) is 9.80 Å². The number of amides is 5. The van der Waals surface area contributed by atoms with Gasteiger partial charge in [-0.05, 0) is 0 Å². The Bertz CT molecular complexity index is 331. The first-order valence-corrected chi connectivity index (χ1v) is 4.05. The Morgan fingerprint density at radius 1 is 1.47 bits per heavy atom. The molecule has 0 bridgehead atoms. The molecule has 1 rings (SSSR count). The van der Waals surface area contributed by atoms with Gasteiger partial charge in [0.05, 0.1) is 0 Å². The van der Waals surface area contributed by atoms with Gasteiger partial charge in [0, 0.05) is 21.2 Å². The molecule has 0 aliphatic carbocycles. The van der Waals surface area contributed by atoms with Gasteiger partial charge in [-0.1, -0.05) is 0 Å². The Kier molecular flexibility index (Phi) is 2.54. The molecular weight excluding hydrogens is 204 g/mol. The third-order valence-corrected chi connectivity index (χ3v) is 2.23. The standard InChI is InChI=1S/C7H12N4O4/c1-10-4(12)7(15-3,9-5(8)13)11(2)6(10)14/h1-3H3,(H3,8,9,13). The van der Waals surface area contributed by atoms with Gasteiger partial charge < -0.3 is 10.5 Å². The van der Waals surface area contributed by atoms with Gasteiger partial charge in [0.1, 0.15) is 0 Å². The third-order valence-electron chi connectivity index (χ3n) is 2.23. The molecule has 1 atom stereocenters. The van der Waals surface area contributed by atoms with Crippen LogP contribution in [-0.4, -0.2) is 54.8 Å². The number of carbonyl (C=O) groups is 3. The minimum atomic E-state index is -1.84. The molecule has 1 saturated heterocycles. The topological polar surface area (TPSA) is 105 Å². The SMILES string of the molecule is COC1(NC(N)=O)C(=O)N(C)C(=O)N1C. The van der Waals surface area contributed by atoms with Gasteiger partial charge in [-0.25, -0.2) is 9.59 Å². The Hall–Kier alpha value is -1.83. The highest BCUT2D eigenvalue weighted by atomic mass is 16.5. The number of methoxy groups -OCH3 is 1. The number of nitrogens with two attached hydrogens (primary N) is 1. The van der Waals surface area contributed by atoms with Gasteiger partial charge in [-0.3, -0.25) is 19.9 Å². The van der Waals surface area contributed by atoms with Crippen LogP contribution in [0.5, 0.6) is 0 Å². The average Bonchev–Trinajstić information content (AvgIpc) is 2.33. The molecule has 1 aliphatic heterocycles. The van der Waals surface area contributed by atoms with Crippen molar-refractivity contribution in [3.8, 4) is 0 Å². The lowest BCUT2D eigenvalue weighted by Crippen LogP contribution is -2.63. The van der Waals surface area contributed by atoms with Crippen molar-refractivity contribution in [2.24, 2.45) is 5.73 Å². The average molecular weight is 216 g/mol. The van der Waals surface area contributed by atoms with E-state index in [1.165, 1.54) is 21.2 Å². The maximum absolute atomic E-state index is 11.7. The second kappa shape index (κ2) is 3.39. The van der Waals surface area contributed by atoms with Crippen LogP contribution in [0.25, 0.3) is 0 Å². The summed E-state index contributed by atoms with van der Waals surface area (Å²) in [5, 5.41) is 2.10. The number of rotatable bonds is 2. The fourth-order valence-corrected chi connectivity index (χ4v) is 1.40. The Morgan fingerprint density at radius 3 is 2.27 bits per heavy atom. The number of nitrogens with zero attached hydrogens (tertiary/aromatic N) is 2. The number of urea groups is 2. The second-order valence-electron chi connectivity index (χ2n) is 3.04. The van der Waals surface area contributed by atoms with E-state index in [9.17, 15) is 14.4 Å². The van der Waals surface area contributed by atoms with Crippen LogP contribution in [0, 0.1) is 0 Å². The summed E-state index contributed by atoms with van der Waals surface area (Å²) in [6, 6.07) is -1.55. The highest BCUT2D eigenvalue weighted by molar-refractivity contribution is 6.06. The minimum Gasteiger partial charge on any atom is -0.352 e. The van der Waals surface area contributed by atoms with E-state index < -0.39 is 23.8 Å². The van der Waals surface area contributed by atoms with Crippen molar-refractivity contribution in [3.63, 3.8) is 0 Å². The molecule has 8 nitrogen and oxygen atoms in total. The number of nitrogens with one attached hydrogen (secondary N) is 1. The van der Waals surface area contributed by atoms with E-state index in [4.69, 9.17) is 10.5 Å². The van der Waals surface area contributed by atoms with Gasteiger partial charge in [0.2, 0.25) is 0 Å². The predicted octanol–water partition coefficient (Wildman–Crippen LogP) is -1.52. The molecule has 84 valence electrons. The normalized spacial score (nSPS) is 26.1. The number of hydrogen-bond donors (Lipinski definition) is 2. The molecule has 8 heteroatoms. The molecule has 0 aromatic heterocycles. The van der Waals surface area contributed by atoms with Crippen LogP contribution in [0.3, 0.4) is 0 Å². The van der Waals surface area contributed by atoms with Crippen molar-refractivity contribution < 1.29 is 19.1 Å². The molecule has 0 saturated carbocycles. The molecule has 1 unspecified atom stereocenters. The monoisotopic (exact) mass is 216 g/mol. The summed E-state index contributed by atoms with van der Waals surface area (Å²) in [5.74, 6) is -2.53. The fraction of sp³-hybridized carbons (Fsp3) is 0.571. The summed E-state index contributed by atoms with van der Waals surface area (Å²) >= 11 is 0.